The van der Waals surface area contributed by atoms with E-state index in [-0.39, 0.29) is 11.3 Å². The Balaban J connectivity index is 2.10. The Hall–Kier alpha value is -2.87. The third-order valence-electron chi connectivity index (χ3n) is 2.91. The second kappa shape index (κ2) is 6.53. The van der Waals surface area contributed by atoms with Crippen molar-refractivity contribution in [2.24, 2.45) is 0 Å². The normalized spacial score (nSPS) is 9.76. The number of nitrogens with zero attached hydrogens (tertiary/aromatic N) is 1. The maximum atomic E-state index is 13.6. The number of carbonyl (C=O) groups excluding carboxylic acids is 1. The number of amides is 1. The van der Waals surface area contributed by atoms with Gasteiger partial charge in [0.05, 0.1) is 19.6 Å². The lowest BCUT2D eigenvalue weighted by Gasteiger charge is -2.07. The molecule has 0 heterocycles. The number of nitriles is 1. The number of rotatable bonds is 4. The number of methoxy groups -OCH3 is 1. The minimum Gasteiger partial charge on any atom is -0.494 e. The second-order valence-corrected chi connectivity index (χ2v) is 4.34. The van der Waals surface area contributed by atoms with Crippen molar-refractivity contribution in [1.82, 2.24) is 0 Å². The summed E-state index contributed by atoms with van der Waals surface area (Å²) in [6, 6.07) is 13.0. The standard InChI is InChI=1S/C16H13FN2O2/c1-21-15-7-4-12(10-14(15)17)16(20)19-13-5-2-11(3-6-13)8-9-18/h2-7,10H,8H2,1H3,(H,19,20). The van der Waals surface area contributed by atoms with Gasteiger partial charge < -0.3 is 10.1 Å². The van der Waals surface area contributed by atoms with Gasteiger partial charge in [0.25, 0.3) is 5.91 Å². The van der Waals surface area contributed by atoms with E-state index in [0.717, 1.165) is 11.6 Å². The van der Waals surface area contributed by atoms with E-state index in [2.05, 4.69) is 5.32 Å². The van der Waals surface area contributed by atoms with Crippen molar-refractivity contribution in [2.75, 3.05) is 12.4 Å². The highest BCUT2D eigenvalue weighted by Gasteiger charge is 2.10. The fraction of sp³-hybridized carbons (Fsp3) is 0.125. The van der Waals surface area contributed by atoms with Crippen LogP contribution in [0, 0.1) is 17.1 Å². The van der Waals surface area contributed by atoms with Gasteiger partial charge in [0.15, 0.2) is 11.6 Å². The molecule has 0 atom stereocenters. The first kappa shape index (κ1) is 14.5. The van der Waals surface area contributed by atoms with E-state index in [4.69, 9.17) is 10.00 Å². The fourth-order valence-electron chi connectivity index (χ4n) is 1.81. The van der Waals surface area contributed by atoms with Gasteiger partial charge in [-0.3, -0.25) is 4.79 Å². The molecule has 0 aliphatic rings. The monoisotopic (exact) mass is 284 g/mol. The van der Waals surface area contributed by atoms with Crippen LogP contribution in [-0.4, -0.2) is 13.0 Å². The number of halogens is 1. The van der Waals surface area contributed by atoms with Crippen molar-refractivity contribution in [3.8, 4) is 11.8 Å². The second-order valence-electron chi connectivity index (χ2n) is 4.34. The third kappa shape index (κ3) is 3.57. The molecule has 0 saturated carbocycles. The zero-order valence-corrected chi connectivity index (χ0v) is 11.4. The van der Waals surface area contributed by atoms with E-state index in [0.29, 0.717) is 12.1 Å². The smallest absolute Gasteiger partial charge is 0.255 e. The summed E-state index contributed by atoms with van der Waals surface area (Å²) >= 11 is 0. The van der Waals surface area contributed by atoms with Gasteiger partial charge in [-0.15, -0.1) is 0 Å². The summed E-state index contributed by atoms with van der Waals surface area (Å²) in [5, 5.41) is 11.2. The van der Waals surface area contributed by atoms with Gasteiger partial charge in [-0.1, -0.05) is 12.1 Å². The topological polar surface area (TPSA) is 62.1 Å². The average Bonchev–Trinajstić information content (AvgIpc) is 2.49. The molecule has 0 saturated heterocycles. The lowest BCUT2D eigenvalue weighted by Crippen LogP contribution is -2.12. The molecule has 1 N–H and O–H groups in total. The number of nitrogens with one attached hydrogen (secondary N) is 1. The van der Waals surface area contributed by atoms with E-state index < -0.39 is 11.7 Å². The van der Waals surface area contributed by atoms with Crippen LogP contribution in [0.1, 0.15) is 15.9 Å². The van der Waals surface area contributed by atoms with Gasteiger partial charge in [-0.05, 0) is 35.9 Å². The number of benzene rings is 2. The summed E-state index contributed by atoms with van der Waals surface area (Å²) < 4.78 is 18.4. The van der Waals surface area contributed by atoms with Crippen molar-refractivity contribution < 1.29 is 13.9 Å². The van der Waals surface area contributed by atoms with Crippen molar-refractivity contribution in [1.29, 1.82) is 5.26 Å². The van der Waals surface area contributed by atoms with Crippen molar-refractivity contribution >= 4 is 11.6 Å². The summed E-state index contributed by atoms with van der Waals surface area (Å²) in [4.78, 5) is 12.0. The Bertz CT molecular complexity index is 690. The van der Waals surface area contributed by atoms with Crippen molar-refractivity contribution in [3.05, 3.63) is 59.4 Å². The maximum Gasteiger partial charge on any atom is 0.255 e. The molecule has 2 rings (SSSR count). The van der Waals surface area contributed by atoms with E-state index in [9.17, 15) is 9.18 Å². The summed E-state index contributed by atoms with van der Waals surface area (Å²) in [6.45, 7) is 0. The summed E-state index contributed by atoms with van der Waals surface area (Å²) in [6.07, 6.45) is 0.317. The first-order valence-corrected chi connectivity index (χ1v) is 6.25. The zero-order chi connectivity index (χ0) is 15.2. The average molecular weight is 284 g/mol. The van der Waals surface area contributed by atoms with Crippen LogP contribution in [0.2, 0.25) is 0 Å². The highest BCUT2D eigenvalue weighted by molar-refractivity contribution is 6.04. The molecule has 0 aliphatic heterocycles. The van der Waals surface area contributed by atoms with Crippen molar-refractivity contribution in [2.45, 2.75) is 6.42 Å². The molecule has 2 aromatic carbocycles. The van der Waals surface area contributed by atoms with Gasteiger partial charge in [0, 0.05) is 11.3 Å². The summed E-state index contributed by atoms with van der Waals surface area (Å²) in [5.41, 5.74) is 1.65. The molecule has 0 aliphatic carbocycles. The summed E-state index contributed by atoms with van der Waals surface area (Å²) in [5.74, 6) is -0.911. The van der Waals surface area contributed by atoms with Crippen LogP contribution in [-0.2, 0) is 6.42 Å². The highest BCUT2D eigenvalue weighted by Crippen LogP contribution is 2.19. The summed E-state index contributed by atoms with van der Waals surface area (Å²) in [7, 11) is 1.36. The Morgan fingerprint density at radius 3 is 2.57 bits per heavy atom. The van der Waals surface area contributed by atoms with Crippen LogP contribution in [0.25, 0.3) is 0 Å². The molecule has 0 fully saturated rings. The number of carbonyl (C=O) groups is 1. The van der Waals surface area contributed by atoms with E-state index in [1.807, 2.05) is 6.07 Å². The lowest BCUT2D eigenvalue weighted by atomic mass is 10.1. The number of anilines is 1. The maximum absolute atomic E-state index is 13.6. The van der Waals surface area contributed by atoms with Gasteiger partial charge in [0.2, 0.25) is 0 Å². The lowest BCUT2D eigenvalue weighted by molar-refractivity contribution is 0.102. The largest absolute Gasteiger partial charge is 0.494 e. The van der Waals surface area contributed by atoms with Crippen molar-refractivity contribution in [3.63, 3.8) is 0 Å². The number of hydrogen-bond acceptors (Lipinski definition) is 3. The van der Waals surface area contributed by atoms with Crippen LogP contribution in [0.5, 0.6) is 5.75 Å². The predicted molar refractivity (Wildman–Crippen MR) is 76.7 cm³/mol. The van der Waals surface area contributed by atoms with E-state index >= 15 is 0 Å². The highest BCUT2D eigenvalue weighted by atomic mass is 19.1. The molecule has 1 amide bonds. The van der Waals surface area contributed by atoms with Crippen LogP contribution in [0.3, 0.4) is 0 Å². The predicted octanol–water partition coefficient (Wildman–Crippen LogP) is 3.15. The van der Waals surface area contributed by atoms with Gasteiger partial charge in [-0.25, -0.2) is 4.39 Å². The van der Waals surface area contributed by atoms with Crippen LogP contribution in [0.4, 0.5) is 10.1 Å². The number of hydrogen-bond donors (Lipinski definition) is 1. The third-order valence-corrected chi connectivity index (χ3v) is 2.91. The van der Waals surface area contributed by atoms with Gasteiger partial charge in [0.1, 0.15) is 0 Å². The molecule has 0 aromatic heterocycles. The molecule has 4 nitrogen and oxygen atoms in total. The Labute approximate surface area is 121 Å². The molecular formula is C16H13FN2O2. The quantitative estimate of drug-likeness (QED) is 0.938. The molecule has 5 heteroatoms. The Kier molecular flexibility index (Phi) is 4.52. The van der Waals surface area contributed by atoms with Crippen LogP contribution in [0.15, 0.2) is 42.5 Å². The molecule has 0 unspecified atom stereocenters. The fourth-order valence-corrected chi connectivity index (χ4v) is 1.81. The van der Waals surface area contributed by atoms with Gasteiger partial charge in [-0.2, -0.15) is 5.26 Å². The molecule has 106 valence electrons. The van der Waals surface area contributed by atoms with Crippen LogP contribution < -0.4 is 10.1 Å². The Morgan fingerprint density at radius 1 is 1.29 bits per heavy atom. The van der Waals surface area contributed by atoms with Crippen LogP contribution >= 0.6 is 0 Å². The molecular weight excluding hydrogens is 271 g/mol. The SMILES string of the molecule is COc1ccc(C(=O)Nc2ccc(CC#N)cc2)cc1F. The molecule has 21 heavy (non-hydrogen) atoms. The first-order valence-electron chi connectivity index (χ1n) is 6.25. The van der Waals surface area contributed by atoms with Gasteiger partial charge >= 0.3 is 0 Å². The first-order chi connectivity index (χ1) is 10.1. The number of ether oxygens (including phenoxy) is 1. The Morgan fingerprint density at radius 2 is 2.00 bits per heavy atom. The molecule has 0 radical (unpaired) electrons. The molecule has 0 bridgehead atoms. The van der Waals surface area contributed by atoms with E-state index in [1.54, 1.807) is 24.3 Å². The zero-order valence-electron chi connectivity index (χ0n) is 11.4. The van der Waals surface area contributed by atoms with E-state index in [1.165, 1.54) is 19.2 Å². The minimum absolute atomic E-state index is 0.0902. The minimum atomic E-state index is -0.588. The molecule has 2 aromatic rings. The molecule has 0 spiro atoms.